The summed E-state index contributed by atoms with van der Waals surface area (Å²) in [6.45, 7) is 22.4. The highest BCUT2D eigenvalue weighted by molar-refractivity contribution is 5.86. The second kappa shape index (κ2) is 15.9. The van der Waals surface area contributed by atoms with Gasteiger partial charge in [-0.3, -0.25) is 28.8 Å². The van der Waals surface area contributed by atoms with Gasteiger partial charge in [-0.1, -0.05) is 62.3 Å². The van der Waals surface area contributed by atoms with E-state index in [-0.39, 0.29) is 75.9 Å². The highest BCUT2D eigenvalue weighted by atomic mass is 16.2. The van der Waals surface area contributed by atoms with Gasteiger partial charge in [0.2, 0.25) is 35.4 Å². The minimum absolute atomic E-state index is 0.194. The molecule has 3 amide bonds. The van der Waals surface area contributed by atoms with Gasteiger partial charge in [-0.2, -0.15) is 13.7 Å². The van der Waals surface area contributed by atoms with Crippen molar-refractivity contribution in [2.24, 2.45) is 50.2 Å². The van der Waals surface area contributed by atoms with E-state index in [4.69, 9.17) is 0 Å². The smallest absolute Gasteiger partial charge is 0.350 e. The van der Waals surface area contributed by atoms with Crippen molar-refractivity contribution in [2.75, 3.05) is 19.6 Å². The lowest BCUT2D eigenvalue weighted by molar-refractivity contribution is -0.120. The lowest BCUT2D eigenvalue weighted by Crippen LogP contribution is -2.62. The van der Waals surface area contributed by atoms with E-state index < -0.39 is 85.0 Å². The molecule has 15 nitrogen and oxygen atoms in total. The first-order chi connectivity index (χ1) is 25.9. The number of nitrogens with one attached hydrogen (secondary N) is 3. The second-order valence-electron chi connectivity index (χ2n) is 21.4. The summed E-state index contributed by atoms with van der Waals surface area (Å²) in [7, 11) is 0. The minimum atomic E-state index is -1.41. The predicted molar refractivity (Wildman–Crippen MR) is 215 cm³/mol. The minimum Gasteiger partial charge on any atom is -0.356 e. The molecular formula is C42H66N6O9. The molecule has 6 unspecified atom stereocenters. The maximum atomic E-state index is 14.7. The Kier molecular flexibility index (Phi) is 12.7. The molecule has 3 fully saturated rings. The zero-order chi connectivity index (χ0) is 43.3. The highest BCUT2D eigenvalue weighted by Crippen LogP contribution is 2.51. The van der Waals surface area contributed by atoms with Crippen molar-refractivity contribution in [2.45, 2.75) is 141 Å². The van der Waals surface area contributed by atoms with Gasteiger partial charge in [-0.25, -0.2) is 14.4 Å². The molecule has 1 aromatic rings. The Morgan fingerprint density at radius 1 is 0.439 bits per heavy atom. The van der Waals surface area contributed by atoms with E-state index in [0.29, 0.717) is 33.0 Å². The topological polar surface area (TPSA) is 205 Å². The van der Waals surface area contributed by atoms with Crippen molar-refractivity contribution in [1.82, 2.24) is 29.7 Å². The number of carbonyl (C=O) groups is 6. The lowest BCUT2D eigenvalue weighted by Gasteiger charge is -2.46. The van der Waals surface area contributed by atoms with Crippen LogP contribution in [0.25, 0.3) is 0 Å². The summed E-state index contributed by atoms with van der Waals surface area (Å²) < 4.78 is 0.950. The van der Waals surface area contributed by atoms with Crippen LogP contribution < -0.4 is 33.0 Å². The first-order valence-electron chi connectivity index (χ1n) is 20.3. The molecule has 0 aliphatic heterocycles. The molecule has 3 saturated carbocycles. The Labute approximate surface area is 335 Å². The third kappa shape index (κ3) is 10.7. The summed E-state index contributed by atoms with van der Waals surface area (Å²) in [4.78, 5) is 124. The van der Waals surface area contributed by atoms with Gasteiger partial charge in [0.25, 0.3) is 0 Å². The van der Waals surface area contributed by atoms with Crippen LogP contribution in [0.3, 0.4) is 0 Å². The van der Waals surface area contributed by atoms with Crippen LogP contribution in [0.2, 0.25) is 0 Å². The third-order valence-electron chi connectivity index (χ3n) is 12.5. The molecule has 3 N–H and O–H groups in total. The molecule has 0 saturated heterocycles. The maximum Gasteiger partial charge on any atom is 0.350 e. The molecule has 15 heteroatoms. The number of amides is 3. The van der Waals surface area contributed by atoms with Crippen LogP contribution in [0.4, 0.5) is 0 Å². The molecular weight excluding hydrogens is 732 g/mol. The first kappa shape index (κ1) is 45.5. The van der Waals surface area contributed by atoms with Gasteiger partial charge in [0, 0.05) is 58.2 Å². The average Bonchev–Trinajstić information content (AvgIpc) is 3.03. The van der Waals surface area contributed by atoms with E-state index in [1.807, 2.05) is 62.3 Å². The van der Waals surface area contributed by atoms with Crippen LogP contribution in [-0.2, 0) is 14.4 Å². The van der Waals surface area contributed by atoms with Crippen molar-refractivity contribution in [3.05, 3.63) is 31.5 Å². The molecule has 3 aliphatic rings. The Hall–Kier alpha value is -4.17. The van der Waals surface area contributed by atoms with E-state index in [0.717, 1.165) is 0 Å². The van der Waals surface area contributed by atoms with Crippen LogP contribution in [0, 0.1) is 50.2 Å². The summed E-state index contributed by atoms with van der Waals surface area (Å²) in [5.41, 5.74) is -7.45. The SMILES string of the molecule is CC(=O)NCC1(C)CC(C(=O)n2c(=O)n(C(=O)C3CC(C)(C)CC(C)(CNC(C)=O)C3)c(=O)n(C(=O)C3CC(C)(C)CC(C)(CNC(C)=O)C3)c2=O)CC(C)(C)C1. The highest BCUT2D eigenvalue weighted by Gasteiger charge is 2.49. The average molecular weight is 799 g/mol. The van der Waals surface area contributed by atoms with Gasteiger partial charge in [0.1, 0.15) is 0 Å². The number of aromatic nitrogens is 3. The van der Waals surface area contributed by atoms with Gasteiger partial charge in [0.05, 0.1) is 0 Å². The van der Waals surface area contributed by atoms with Crippen LogP contribution in [0.15, 0.2) is 14.4 Å². The van der Waals surface area contributed by atoms with Gasteiger partial charge >= 0.3 is 17.1 Å². The van der Waals surface area contributed by atoms with Crippen molar-refractivity contribution >= 4 is 35.4 Å². The van der Waals surface area contributed by atoms with Gasteiger partial charge in [-0.15, -0.1) is 0 Å². The zero-order valence-corrected chi connectivity index (χ0v) is 36.2. The van der Waals surface area contributed by atoms with Crippen molar-refractivity contribution in [3.63, 3.8) is 0 Å². The molecule has 0 bridgehead atoms. The molecule has 318 valence electrons. The Balaban J connectivity index is 1.92. The van der Waals surface area contributed by atoms with Gasteiger partial charge in [0.15, 0.2) is 0 Å². The van der Waals surface area contributed by atoms with E-state index in [2.05, 4.69) is 16.0 Å². The van der Waals surface area contributed by atoms with Gasteiger partial charge < -0.3 is 16.0 Å². The van der Waals surface area contributed by atoms with E-state index in [1.54, 1.807) is 0 Å². The summed E-state index contributed by atoms with van der Waals surface area (Å²) in [5, 5.41) is 8.50. The van der Waals surface area contributed by atoms with Gasteiger partial charge in [-0.05, 0) is 90.3 Å². The van der Waals surface area contributed by atoms with Crippen molar-refractivity contribution < 1.29 is 28.8 Å². The first-order valence-corrected chi connectivity index (χ1v) is 20.3. The number of carbonyl (C=O) groups excluding carboxylic acids is 6. The fourth-order valence-electron chi connectivity index (χ4n) is 11.5. The second-order valence-corrected chi connectivity index (χ2v) is 21.4. The number of nitrogens with zero attached hydrogens (tertiary/aromatic N) is 3. The quantitative estimate of drug-likeness (QED) is 0.330. The van der Waals surface area contributed by atoms with Crippen LogP contribution in [0.5, 0.6) is 0 Å². The van der Waals surface area contributed by atoms with Crippen molar-refractivity contribution in [1.29, 1.82) is 0 Å². The molecule has 3 aliphatic carbocycles. The number of rotatable bonds is 9. The lowest BCUT2D eigenvalue weighted by atomic mass is 9.60. The monoisotopic (exact) mass is 798 g/mol. The zero-order valence-electron chi connectivity index (χ0n) is 36.2. The summed E-state index contributed by atoms with van der Waals surface area (Å²) in [6.07, 6.45) is 3.27. The summed E-state index contributed by atoms with van der Waals surface area (Å²) >= 11 is 0. The van der Waals surface area contributed by atoms with Crippen molar-refractivity contribution in [3.8, 4) is 0 Å². The summed E-state index contributed by atoms with van der Waals surface area (Å²) in [5.74, 6) is -6.28. The van der Waals surface area contributed by atoms with E-state index in [9.17, 15) is 43.2 Å². The number of hydrogen-bond donors (Lipinski definition) is 3. The predicted octanol–water partition coefficient (Wildman–Crippen LogP) is 4.00. The third-order valence-corrected chi connectivity index (χ3v) is 12.5. The molecule has 0 radical (unpaired) electrons. The maximum absolute atomic E-state index is 14.7. The molecule has 57 heavy (non-hydrogen) atoms. The Morgan fingerprint density at radius 2 is 0.649 bits per heavy atom. The molecule has 1 heterocycles. The fourth-order valence-corrected chi connectivity index (χ4v) is 11.5. The standard InChI is InChI=1S/C42H66N6O9/c1-25(49)43-22-40(10)16-28(13-37(4,5)19-40)31(52)46-34(55)47(32(53)29-14-38(6,7)20-41(11,17-29)23-44-26(2)50)36(57)48(35(46)56)33(54)30-15-39(8,9)21-42(12,18-30)24-45-27(3)51/h28-30H,13-24H2,1-12H3,(H,43,49)(H,44,50)(H,45,51). The normalized spacial score (nSPS) is 30.4. The molecule has 6 atom stereocenters. The Morgan fingerprint density at radius 3 is 0.842 bits per heavy atom. The number of hydrogen-bond acceptors (Lipinski definition) is 9. The molecule has 1 aromatic heterocycles. The van der Waals surface area contributed by atoms with E-state index >= 15 is 0 Å². The van der Waals surface area contributed by atoms with E-state index in [1.165, 1.54) is 20.8 Å². The molecule has 0 aromatic carbocycles. The largest absolute Gasteiger partial charge is 0.356 e. The fraction of sp³-hybridized carbons (Fsp3) is 0.786. The van der Waals surface area contributed by atoms with Crippen LogP contribution in [-0.4, -0.2) is 68.8 Å². The van der Waals surface area contributed by atoms with Crippen LogP contribution in [0.1, 0.15) is 155 Å². The molecule has 0 spiro atoms. The molecule has 4 rings (SSSR count). The Bertz CT molecular complexity index is 1750. The summed E-state index contributed by atoms with van der Waals surface area (Å²) in [6, 6.07) is 0. The van der Waals surface area contributed by atoms with Crippen LogP contribution >= 0.6 is 0 Å².